The number of anilines is 5. The van der Waals surface area contributed by atoms with Crippen LogP contribution >= 0.6 is 0 Å². The Bertz CT molecular complexity index is 1590. The Morgan fingerprint density at radius 1 is 1.02 bits per heavy atom. The number of hydrogen-bond acceptors (Lipinski definition) is 9. The first-order valence-corrected chi connectivity index (χ1v) is 15.0. The third-order valence-electron chi connectivity index (χ3n) is 7.47. The molecule has 0 saturated carbocycles. The Hall–Kier alpha value is -3.83. The topological polar surface area (TPSA) is 115 Å². The zero-order valence-electron chi connectivity index (χ0n) is 23.6. The van der Waals surface area contributed by atoms with Gasteiger partial charge in [0.05, 0.1) is 34.0 Å². The molecule has 40 heavy (non-hydrogen) atoms. The average molecular weight is 564 g/mol. The molecule has 3 N–H and O–H groups in total. The van der Waals surface area contributed by atoms with E-state index in [-0.39, 0.29) is 4.90 Å². The number of aromatic amines is 1. The molecule has 1 aliphatic rings. The van der Waals surface area contributed by atoms with Crippen molar-refractivity contribution >= 4 is 49.7 Å². The van der Waals surface area contributed by atoms with Crippen LogP contribution in [0.3, 0.4) is 0 Å². The Labute approximate surface area is 235 Å². The lowest BCUT2D eigenvalue weighted by atomic mass is 10.0. The third-order valence-corrected chi connectivity index (χ3v) is 9.68. The maximum Gasteiger partial charge on any atom is 0.231 e. The van der Waals surface area contributed by atoms with E-state index in [9.17, 15) is 8.42 Å². The number of methoxy groups -OCH3 is 1. The van der Waals surface area contributed by atoms with E-state index in [4.69, 9.17) is 9.72 Å². The Morgan fingerprint density at radius 2 is 1.77 bits per heavy atom. The maximum atomic E-state index is 13.0. The molecule has 1 aliphatic heterocycles. The fraction of sp³-hybridized carbons (Fsp3) is 0.379. The van der Waals surface area contributed by atoms with Gasteiger partial charge in [0, 0.05) is 37.1 Å². The van der Waals surface area contributed by atoms with Crippen LogP contribution in [0.2, 0.25) is 0 Å². The fourth-order valence-corrected chi connectivity index (χ4v) is 6.23. The molecule has 1 fully saturated rings. The highest BCUT2D eigenvalue weighted by Crippen LogP contribution is 2.35. The first-order chi connectivity index (χ1) is 19.2. The highest BCUT2D eigenvalue weighted by molar-refractivity contribution is 7.92. The lowest BCUT2D eigenvalue weighted by molar-refractivity contribution is 0.249. The van der Waals surface area contributed by atoms with Crippen LogP contribution in [0, 0.1) is 0 Å². The van der Waals surface area contributed by atoms with Gasteiger partial charge in [0.25, 0.3) is 0 Å². The summed E-state index contributed by atoms with van der Waals surface area (Å²) in [5.41, 5.74) is 2.92. The van der Waals surface area contributed by atoms with Gasteiger partial charge >= 0.3 is 0 Å². The second-order valence-electron chi connectivity index (χ2n) is 10.5. The highest BCUT2D eigenvalue weighted by Gasteiger charge is 2.24. The molecule has 212 valence electrons. The molecule has 10 nitrogen and oxygen atoms in total. The van der Waals surface area contributed by atoms with Crippen LogP contribution in [-0.4, -0.2) is 73.9 Å². The predicted molar refractivity (Wildman–Crippen MR) is 161 cm³/mol. The van der Waals surface area contributed by atoms with Crippen molar-refractivity contribution in [2.75, 3.05) is 49.8 Å². The fourth-order valence-electron chi connectivity index (χ4n) is 5.03. The second-order valence-corrected chi connectivity index (χ2v) is 13.0. The monoisotopic (exact) mass is 563 g/mol. The van der Waals surface area contributed by atoms with Crippen LogP contribution in [-0.2, 0) is 9.84 Å². The Balaban J connectivity index is 1.43. The molecule has 0 spiro atoms. The van der Waals surface area contributed by atoms with Crippen molar-refractivity contribution in [3.63, 3.8) is 0 Å². The number of benzene rings is 2. The van der Waals surface area contributed by atoms with E-state index < -0.39 is 15.1 Å². The zero-order chi connectivity index (χ0) is 28.4. The van der Waals surface area contributed by atoms with Gasteiger partial charge in [-0.15, -0.1) is 0 Å². The van der Waals surface area contributed by atoms with Crippen molar-refractivity contribution in [3.8, 4) is 5.75 Å². The van der Waals surface area contributed by atoms with Crippen LogP contribution in [0.15, 0.2) is 59.6 Å². The molecule has 0 amide bonds. The van der Waals surface area contributed by atoms with Gasteiger partial charge in [-0.2, -0.15) is 9.97 Å². The summed E-state index contributed by atoms with van der Waals surface area (Å²) in [4.78, 5) is 17.4. The number of rotatable bonds is 9. The molecule has 3 heterocycles. The van der Waals surface area contributed by atoms with E-state index in [0.717, 1.165) is 42.7 Å². The number of para-hydroxylation sites is 1. The van der Waals surface area contributed by atoms with Crippen LogP contribution in [0.1, 0.15) is 26.7 Å². The summed E-state index contributed by atoms with van der Waals surface area (Å²) in [6.07, 6.45) is 4.02. The van der Waals surface area contributed by atoms with Gasteiger partial charge in [-0.05, 0) is 71.1 Å². The summed E-state index contributed by atoms with van der Waals surface area (Å²) in [6, 6.07) is 15.4. The van der Waals surface area contributed by atoms with Crippen LogP contribution in [0.4, 0.5) is 28.8 Å². The van der Waals surface area contributed by atoms with Gasteiger partial charge in [-0.25, -0.2) is 8.42 Å². The van der Waals surface area contributed by atoms with Gasteiger partial charge in [0.2, 0.25) is 5.95 Å². The van der Waals surface area contributed by atoms with Crippen LogP contribution < -0.4 is 20.3 Å². The number of sulfone groups is 1. The van der Waals surface area contributed by atoms with E-state index in [1.54, 1.807) is 51.4 Å². The van der Waals surface area contributed by atoms with E-state index in [2.05, 4.69) is 50.6 Å². The lowest BCUT2D eigenvalue weighted by Crippen LogP contribution is -2.41. The molecule has 2 aromatic carbocycles. The van der Waals surface area contributed by atoms with Crippen molar-refractivity contribution in [1.82, 2.24) is 19.9 Å². The number of nitrogens with one attached hydrogen (secondary N) is 3. The number of H-pyrrole nitrogens is 1. The number of aromatic nitrogens is 3. The molecule has 5 rings (SSSR count). The largest absolute Gasteiger partial charge is 0.494 e. The molecule has 0 atom stereocenters. The normalized spacial score (nSPS) is 14.7. The van der Waals surface area contributed by atoms with Crippen molar-refractivity contribution in [2.24, 2.45) is 0 Å². The van der Waals surface area contributed by atoms with Crippen molar-refractivity contribution in [1.29, 1.82) is 0 Å². The van der Waals surface area contributed by atoms with Crippen LogP contribution in [0.25, 0.3) is 11.0 Å². The smallest absolute Gasteiger partial charge is 0.231 e. The number of ether oxygens (including phenoxy) is 1. The average Bonchev–Trinajstić information content (AvgIpc) is 3.42. The molecule has 0 bridgehead atoms. The van der Waals surface area contributed by atoms with Crippen molar-refractivity contribution in [3.05, 3.63) is 54.7 Å². The molecule has 1 saturated heterocycles. The van der Waals surface area contributed by atoms with E-state index in [0.29, 0.717) is 34.9 Å². The summed E-state index contributed by atoms with van der Waals surface area (Å²) in [6.45, 7) is 5.34. The lowest BCUT2D eigenvalue weighted by Gasteiger charge is -2.36. The number of nitrogens with zero attached hydrogens (tertiary/aromatic N) is 4. The Morgan fingerprint density at radius 3 is 2.48 bits per heavy atom. The zero-order valence-corrected chi connectivity index (χ0v) is 24.4. The number of hydrogen-bond donors (Lipinski definition) is 3. The van der Waals surface area contributed by atoms with Crippen molar-refractivity contribution < 1.29 is 13.2 Å². The van der Waals surface area contributed by atoms with Gasteiger partial charge in [0.15, 0.2) is 9.84 Å². The predicted octanol–water partition coefficient (Wildman–Crippen LogP) is 5.17. The quantitative estimate of drug-likeness (QED) is 0.254. The van der Waals surface area contributed by atoms with Gasteiger partial charge in [0.1, 0.15) is 17.2 Å². The van der Waals surface area contributed by atoms with E-state index in [1.807, 2.05) is 18.2 Å². The second kappa shape index (κ2) is 11.3. The number of piperidine rings is 1. The van der Waals surface area contributed by atoms with Crippen molar-refractivity contribution in [2.45, 2.75) is 42.9 Å². The molecule has 0 radical (unpaired) electrons. The first kappa shape index (κ1) is 27.7. The molecule has 2 aromatic heterocycles. The standard InChI is InChI=1S/C29H37N7O3S/c1-19(2)40(37,38)26-9-7-6-8-24(26)31-28-22-12-15-30-27(22)33-29(34-28)32-23-11-10-21(18-25(23)39-5)36-16-13-20(14-17-36)35(3)4/h6-12,15,18-20H,13-14,16-17H2,1-5H3,(H3,30,31,32,33,34). The molecule has 0 aliphatic carbocycles. The number of fused-ring (bicyclic) bond motifs is 1. The molecular weight excluding hydrogens is 526 g/mol. The SMILES string of the molecule is COc1cc(N2CCC(N(C)C)CC2)ccc1Nc1nc(Nc2ccccc2S(=O)(=O)C(C)C)c2cc[nH]c2n1. The minimum atomic E-state index is -3.51. The van der Waals surface area contributed by atoms with Gasteiger partial charge in [-0.1, -0.05) is 12.1 Å². The summed E-state index contributed by atoms with van der Waals surface area (Å²) in [7, 11) is 2.43. The molecule has 4 aromatic rings. The van der Waals surface area contributed by atoms with Gasteiger partial charge in [-0.3, -0.25) is 0 Å². The summed E-state index contributed by atoms with van der Waals surface area (Å²) in [5, 5.41) is 6.73. The Kier molecular flexibility index (Phi) is 7.86. The van der Waals surface area contributed by atoms with Gasteiger partial charge < -0.3 is 30.2 Å². The highest BCUT2D eigenvalue weighted by atomic mass is 32.2. The minimum absolute atomic E-state index is 0.230. The van der Waals surface area contributed by atoms with Crippen LogP contribution in [0.5, 0.6) is 5.75 Å². The van der Waals surface area contributed by atoms with E-state index >= 15 is 0 Å². The minimum Gasteiger partial charge on any atom is -0.494 e. The third kappa shape index (κ3) is 5.57. The first-order valence-electron chi connectivity index (χ1n) is 13.5. The summed E-state index contributed by atoms with van der Waals surface area (Å²) >= 11 is 0. The van der Waals surface area contributed by atoms with E-state index in [1.165, 1.54) is 0 Å². The molecule has 0 unspecified atom stereocenters. The molecular formula is C29H37N7O3S. The molecule has 11 heteroatoms. The summed E-state index contributed by atoms with van der Waals surface area (Å²) in [5.74, 6) is 1.52. The summed E-state index contributed by atoms with van der Waals surface area (Å²) < 4.78 is 31.8. The maximum absolute atomic E-state index is 13.0.